The van der Waals surface area contributed by atoms with Gasteiger partial charge in [0.25, 0.3) is 0 Å². The molecule has 0 saturated carbocycles. The Hall–Kier alpha value is -2.34. The molecule has 6 heteroatoms. The molecule has 1 N–H and O–H groups in total. The third kappa shape index (κ3) is 8.30. The van der Waals surface area contributed by atoms with E-state index in [4.69, 9.17) is 0 Å². The van der Waals surface area contributed by atoms with Crippen LogP contribution in [-0.2, 0) is 21.9 Å². The maximum absolute atomic E-state index is 13.3. The van der Waals surface area contributed by atoms with Crippen LogP contribution in [-0.4, -0.2) is 35.1 Å². The zero-order valence-electron chi connectivity index (χ0n) is 19.8. The lowest BCUT2D eigenvalue weighted by Gasteiger charge is -2.31. The van der Waals surface area contributed by atoms with Gasteiger partial charge in [0.2, 0.25) is 11.8 Å². The van der Waals surface area contributed by atoms with Crippen molar-refractivity contribution in [2.45, 2.75) is 59.4 Å². The molecule has 174 valence electrons. The molecule has 0 radical (unpaired) electrons. The number of nitrogens with zero attached hydrogens (tertiary/aromatic N) is 1. The Labute approximate surface area is 196 Å². The number of benzene rings is 2. The minimum absolute atomic E-state index is 0.0877. The SMILES string of the molecule is CC[C@@H](C(=O)NCC(C)C)N(Cc1ccc(F)cc1)C(=O)CSCc1cc(C)cc(C)c1. The molecule has 0 heterocycles. The maximum atomic E-state index is 13.3. The number of hydrogen-bond acceptors (Lipinski definition) is 3. The zero-order valence-corrected chi connectivity index (χ0v) is 20.6. The number of rotatable bonds is 11. The molecule has 0 aromatic heterocycles. The fraction of sp³-hybridized carbons (Fsp3) is 0.462. The van der Waals surface area contributed by atoms with Crippen LogP contribution in [0.25, 0.3) is 0 Å². The Kier molecular flexibility index (Phi) is 10.2. The summed E-state index contributed by atoms with van der Waals surface area (Å²) in [6, 6.07) is 11.9. The first-order valence-corrected chi connectivity index (χ1v) is 12.3. The Bertz CT molecular complexity index is 879. The minimum Gasteiger partial charge on any atom is -0.354 e. The summed E-state index contributed by atoms with van der Waals surface area (Å²) in [5.41, 5.74) is 4.40. The summed E-state index contributed by atoms with van der Waals surface area (Å²) in [5, 5.41) is 2.96. The number of aryl methyl sites for hydroxylation is 2. The molecule has 0 bridgehead atoms. The second kappa shape index (κ2) is 12.6. The van der Waals surface area contributed by atoms with Crippen molar-refractivity contribution in [3.63, 3.8) is 0 Å². The lowest BCUT2D eigenvalue weighted by molar-refractivity contribution is -0.139. The van der Waals surface area contributed by atoms with Gasteiger partial charge in [-0.3, -0.25) is 9.59 Å². The summed E-state index contributed by atoms with van der Waals surface area (Å²) in [4.78, 5) is 27.7. The summed E-state index contributed by atoms with van der Waals surface area (Å²) in [7, 11) is 0. The van der Waals surface area contributed by atoms with Crippen LogP contribution in [0.15, 0.2) is 42.5 Å². The molecule has 2 rings (SSSR count). The first kappa shape index (κ1) is 25.9. The smallest absolute Gasteiger partial charge is 0.242 e. The van der Waals surface area contributed by atoms with Gasteiger partial charge in [-0.2, -0.15) is 0 Å². The average Bonchev–Trinajstić information content (AvgIpc) is 2.72. The van der Waals surface area contributed by atoms with Crippen molar-refractivity contribution in [3.05, 3.63) is 70.5 Å². The van der Waals surface area contributed by atoms with E-state index in [1.807, 2.05) is 20.8 Å². The molecule has 2 aromatic carbocycles. The summed E-state index contributed by atoms with van der Waals surface area (Å²) in [5.74, 6) is 0.784. The molecule has 0 saturated heterocycles. The molecule has 32 heavy (non-hydrogen) atoms. The molecule has 0 aliphatic heterocycles. The molecule has 2 amide bonds. The highest BCUT2D eigenvalue weighted by molar-refractivity contribution is 7.99. The van der Waals surface area contributed by atoms with Gasteiger partial charge in [-0.05, 0) is 49.4 Å². The minimum atomic E-state index is -0.562. The number of hydrogen-bond donors (Lipinski definition) is 1. The molecule has 0 aliphatic carbocycles. The van der Waals surface area contributed by atoms with Crippen LogP contribution < -0.4 is 5.32 Å². The van der Waals surface area contributed by atoms with Crippen LogP contribution in [0, 0.1) is 25.6 Å². The zero-order chi connectivity index (χ0) is 23.7. The van der Waals surface area contributed by atoms with Crippen molar-refractivity contribution < 1.29 is 14.0 Å². The third-order valence-corrected chi connectivity index (χ3v) is 6.10. The van der Waals surface area contributed by atoms with E-state index in [2.05, 4.69) is 37.4 Å². The maximum Gasteiger partial charge on any atom is 0.242 e. The van der Waals surface area contributed by atoms with Crippen molar-refractivity contribution in [3.8, 4) is 0 Å². The number of nitrogens with one attached hydrogen (secondary N) is 1. The van der Waals surface area contributed by atoms with E-state index in [1.54, 1.807) is 28.8 Å². The lowest BCUT2D eigenvalue weighted by atomic mass is 10.1. The quantitative estimate of drug-likeness (QED) is 0.500. The van der Waals surface area contributed by atoms with Crippen molar-refractivity contribution in [1.29, 1.82) is 0 Å². The van der Waals surface area contributed by atoms with Crippen molar-refractivity contribution in [2.24, 2.45) is 5.92 Å². The van der Waals surface area contributed by atoms with Gasteiger partial charge in [0.1, 0.15) is 11.9 Å². The summed E-state index contributed by atoms with van der Waals surface area (Å²) in [6.45, 7) is 11.0. The van der Waals surface area contributed by atoms with E-state index in [-0.39, 0.29) is 29.9 Å². The number of carbonyl (C=O) groups excluding carboxylic acids is 2. The molecule has 2 aromatic rings. The van der Waals surface area contributed by atoms with Crippen LogP contribution in [0.3, 0.4) is 0 Å². The fourth-order valence-electron chi connectivity index (χ4n) is 3.62. The second-order valence-corrected chi connectivity index (χ2v) is 9.69. The standard InChI is InChI=1S/C26H35FN2O2S/c1-6-24(26(31)28-14-18(2)3)29(15-21-7-9-23(27)10-8-21)25(30)17-32-16-22-12-19(4)11-20(5)13-22/h7-13,18,24H,6,14-17H2,1-5H3,(H,28,31)/t24-/m0/s1. The number of halogens is 1. The highest BCUT2D eigenvalue weighted by Gasteiger charge is 2.28. The predicted molar refractivity (Wildman–Crippen MR) is 131 cm³/mol. The molecule has 0 aliphatic rings. The Morgan fingerprint density at radius 3 is 2.22 bits per heavy atom. The van der Waals surface area contributed by atoms with Crippen molar-refractivity contribution in [2.75, 3.05) is 12.3 Å². The van der Waals surface area contributed by atoms with Gasteiger partial charge < -0.3 is 10.2 Å². The Morgan fingerprint density at radius 1 is 1.03 bits per heavy atom. The molecule has 1 atom stereocenters. The van der Waals surface area contributed by atoms with Crippen molar-refractivity contribution in [1.82, 2.24) is 10.2 Å². The van der Waals surface area contributed by atoms with Crippen LogP contribution in [0.2, 0.25) is 0 Å². The number of carbonyl (C=O) groups is 2. The third-order valence-electron chi connectivity index (χ3n) is 5.11. The van der Waals surface area contributed by atoms with Gasteiger partial charge in [0, 0.05) is 18.8 Å². The van der Waals surface area contributed by atoms with E-state index < -0.39 is 6.04 Å². The van der Waals surface area contributed by atoms with E-state index in [1.165, 1.54) is 28.8 Å². The van der Waals surface area contributed by atoms with E-state index >= 15 is 0 Å². The normalized spacial score (nSPS) is 12.0. The van der Waals surface area contributed by atoms with Crippen LogP contribution in [0.5, 0.6) is 0 Å². The predicted octanol–water partition coefficient (Wildman–Crippen LogP) is 5.26. The molecule has 0 spiro atoms. The van der Waals surface area contributed by atoms with Crippen LogP contribution in [0.1, 0.15) is 49.4 Å². The fourth-order valence-corrected chi connectivity index (χ4v) is 4.46. The van der Waals surface area contributed by atoms with Gasteiger partial charge in [-0.25, -0.2) is 4.39 Å². The van der Waals surface area contributed by atoms with Gasteiger partial charge >= 0.3 is 0 Å². The Morgan fingerprint density at radius 2 is 1.66 bits per heavy atom. The van der Waals surface area contributed by atoms with Crippen LogP contribution >= 0.6 is 11.8 Å². The van der Waals surface area contributed by atoms with E-state index in [0.29, 0.717) is 18.9 Å². The van der Waals surface area contributed by atoms with Gasteiger partial charge in [-0.1, -0.05) is 62.2 Å². The Balaban J connectivity index is 2.12. The lowest BCUT2D eigenvalue weighted by Crippen LogP contribution is -2.50. The first-order valence-electron chi connectivity index (χ1n) is 11.2. The van der Waals surface area contributed by atoms with Gasteiger partial charge in [0.05, 0.1) is 5.75 Å². The topological polar surface area (TPSA) is 49.4 Å². The van der Waals surface area contributed by atoms with Gasteiger partial charge in [0.15, 0.2) is 0 Å². The summed E-state index contributed by atoms with van der Waals surface area (Å²) in [6.07, 6.45) is 0.513. The highest BCUT2D eigenvalue weighted by Crippen LogP contribution is 2.19. The molecule has 0 fully saturated rings. The molecular formula is C26H35FN2O2S. The number of thioether (sulfide) groups is 1. The first-order chi connectivity index (χ1) is 15.2. The van der Waals surface area contributed by atoms with Crippen molar-refractivity contribution >= 4 is 23.6 Å². The number of amides is 2. The molecular weight excluding hydrogens is 423 g/mol. The molecule has 4 nitrogen and oxygen atoms in total. The van der Waals surface area contributed by atoms with E-state index in [0.717, 1.165) is 11.3 Å². The average molecular weight is 459 g/mol. The largest absolute Gasteiger partial charge is 0.354 e. The highest BCUT2D eigenvalue weighted by atomic mass is 32.2. The summed E-state index contributed by atoms with van der Waals surface area (Å²) >= 11 is 1.55. The molecule has 0 unspecified atom stereocenters. The second-order valence-electron chi connectivity index (χ2n) is 8.70. The van der Waals surface area contributed by atoms with Crippen LogP contribution in [0.4, 0.5) is 4.39 Å². The van der Waals surface area contributed by atoms with E-state index in [9.17, 15) is 14.0 Å². The summed E-state index contributed by atoms with van der Waals surface area (Å²) < 4.78 is 13.3. The van der Waals surface area contributed by atoms with Gasteiger partial charge in [-0.15, -0.1) is 11.8 Å². The monoisotopic (exact) mass is 458 g/mol.